The van der Waals surface area contributed by atoms with E-state index in [1.54, 1.807) is 20.8 Å². The molecule has 0 bridgehead atoms. The minimum absolute atomic E-state index is 0.0391. The van der Waals surface area contributed by atoms with E-state index in [0.29, 0.717) is 22.6 Å². The molecule has 0 aliphatic rings. The second-order valence-electron chi connectivity index (χ2n) is 3.32. The van der Waals surface area contributed by atoms with E-state index in [4.69, 9.17) is 9.52 Å². The smallest absolute Gasteiger partial charge is 0.191 e. The van der Waals surface area contributed by atoms with Gasteiger partial charge in [-0.1, -0.05) is 0 Å². The van der Waals surface area contributed by atoms with Gasteiger partial charge in [0.05, 0.1) is 0 Å². The second-order valence-corrected chi connectivity index (χ2v) is 4.32. The van der Waals surface area contributed by atoms with E-state index in [9.17, 15) is 4.79 Å². The highest BCUT2D eigenvalue weighted by atomic mass is 31.1. The van der Waals surface area contributed by atoms with Crippen LogP contribution in [-0.4, -0.2) is 18.4 Å². The van der Waals surface area contributed by atoms with Crippen molar-refractivity contribution >= 4 is 8.58 Å². The minimum atomic E-state index is -0.220. The maximum Gasteiger partial charge on any atom is 0.191 e. The molecular formula is C11H19O3P. The lowest BCUT2D eigenvalue weighted by Crippen LogP contribution is -2.13. The van der Waals surface area contributed by atoms with Crippen LogP contribution in [0.5, 0.6) is 0 Å². The fourth-order valence-corrected chi connectivity index (χ4v) is 1.06. The van der Waals surface area contributed by atoms with E-state index >= 15 is 0 Å². The molecule has 3 nitrogen and oxygen atoms in total. The van der Waals surface area contributed by atoms with Crippen LogP contribution in [0, 0.1) is 20.8 Å². The van der Waals surface area contributed by atoms with Gasteiger partial charge in [0.2, 0.25) is 0 Å². The fourth-order valence-electron chi connectivity index (χ4n) is 1.06. The lowest BCUT2D eigenvalue weighted by Gasteiger charge is -2.04. The van der Waals surface area contributed by atoms with Crippen LogP contribution in [0.15, 0.2) is 9.21 Å². The summed E-state index contributed by atoms with van der Waals surface area (Å²) in [5, 5.41) is 8.83. The van der Waals surface area contributed by atoms with Crippen LogP contribution >= 0.6 is 8.58 Å². The molecule has 86 valence electrons. The Labute approximate surface area is 92.3 Å². The van der Waals surface area contributed by atoms with E-state index in [-0.39, 0.29) is 12.0 Å². The summed E-state index contributed by atoms with van der Waals surface area (Å²) in [5.74, 6) is 0.942. The molecular weight excluding hydrogens is 211 g/mol. The third kappa shape index (κ3) is 3.77. The zero-order chi connectivity index (χ0) is 12.0. The van der Waals surface area contributed by atoms with Gasteiger partial charge in [0, 0.05) is 11.1 Å². The molecule has 0 amide bonds. The topological polar surface area (TPSA) is 50.4 Å². The molecule has 4 heteroatoms. The van der Waals surface area contributed by atoms with Crippen LogP contribution in [0.4, 0.5) is 0 Å². The molecule has 0 saturated carbocycles. The Hall–Kier alpha value is -0.660. The Kier molecular flexibility index (Phi) is 6.46. The van der Waals surface area contributed by atoms with E-state index < -0.39 is 0 Å². The summed E-state index contributed by atoms with van der Waals surface area (Å²) in [7, 11) is 1.08. The van der Waals surface area contributed by atoms with Crippen molar-refractivity contribution < 1.29 is 9.52 Å². The first kappa shape index (κ1) is 14.3. The van der Waals surface area contributed by atoms with Crippen molar-refractivity contribution in [2.45, 2.75) is 27.4 Å². The monoisotopic (exact) mass is 230 g/mol. The molecule has 1 aromatic heterocycles. The number of aryl methyl sites for hydroxylation is 1. The van der Waals surface area contributed by atoms with Crippen molar-refractivity contribution in [3.63, 3.8) is 0 Å². The SMILES string of the molecule is CPC.Cc1oc(CO)c(C)c(=O)c1C. The Morgan fingerprint density at radius 3 is 2.07 bits per heavy atom. The average molecular weight is 230 g/mol. The van der Waals surface area contributed by atoms with Gasteiger partial charge in [-0.15, -0.1) is 8.58 Å². The molecule has 0 unspecified atom stereocenters. The van der Waals surface area contributed by atoms with Gasteiger partial charge in [-0.25, -0.2) is 0 Å². The van der Waals surface area contributed by atoms with Crippen molar-refractivity contribution in [1.29, 1.82) is 0 Å². The Morgan fingerprint density at radius 2 is 1.67 bits per heavy atom. The van der Waals surface area contributed by atoms with Crippen molar-refractivity contribution in [1.82, 2.24) is 0 Å². The molecule has 1 heterocycles. The maximum atomic E-state index is 11.4. The number of aliphatic hydroxyl groups is 1. The van der Waals surface area contributed by atoms with Crippen LogP contribution in [-0.2, 0) is 6.61 Å². The van der Waals surface area contributed by atoms with Gasteiger partial charge in [-0.05, 0) is 34.1 Å². The Morgan fingerprint density at radius 1 is 1.20 bits per heavy atom. The normalized spacial score (nSPS) is 9.47. The first-order valence-corrected chi connectivity index (χ1v) is 6.78. The van der Waals surface area contributed by atoms with Gasteiger partial charge in [0.1, 0.15) is 18.1 Å². The summed E-state index contributed by atoms with van der Waals surface area (Å²) in [6, 6.07) is 0. The van der Waals surface area contributed by atoms with Crippen molar-refractivity contribution in [2.24, 2.45) is 0 Å². The van der Waals surface area contributed by atoms with E-state index in [0.717, 1.165) is 8.58 Å². The van der Waals surface area contributed by atoms with Gasteiger partial charge >= 0.3 is 0 Å². The van der Waals surface area contributed by atoms with Gasteiger partial charge in [-0.2, -0.15) is 0 Å². The van der Waals surface area contributed by atoms with Crippen LogP contribution in [0.25, 0.3) is 0 Å². The molecule has 1 rings (SSSR count). The van der Waals surface area contributed by atoms with Gasteiger partial charge < -0.3 is 9.52 Å². The zero-order valence-electron chi connectivity index (χ0n) is 9.97. The molecule has 0 spiro atoms. The average Bonchev–Trinajstić information content (AvgIpc) is 2.21. The van der Waals surface area contributed by atoms with Gasteiger partial charge in [0.15, 0.2) is 5.43 Å². The van der Waals surface area contributed by atoms with Crippen LogP contribution in [0.3, 0.4) is 0 Å². The molecule has 1 aromatic rings. The second kappa shape index (κ2) is 6.76. The number of hydrogen-bond acceptors (Lipinski definition) is 3. The van der Waals surface area contributed by atoms with Crippen LogP contribution in [0.2, 0.25) is 0 Å². The molecule has 0 aliphatic carbocycles. The first-order valence-electron chi connectivity index (χ1n) is 4.78. The lowest BCUT2D eigenvalue weighted by atomic mass is 10.1. The molecule has 1 N–H and O–H groups in total. The van der Waals surface area contributed by atoms with Gasteiger partial charge in [0.25, 0.3) is 0 Å². The summed E-state index contributed by atoms with van der Waals surface area (Å²) in [6.45, 7) is 9.18. The van der Waals surface area contributed by atoms with E-state index in [1.165, 1.54) is 0 Å². The third-order valence-electron chi connectivity index (χ3n) is 2.05. The first-order chi connectivity index (χ1) is 6.99. The number of rotatable bonds is 1. The highest BCUT2D eigenvalue weighted by molar-refractivity contribution is 7.35. The van der Waals surface area contributed by atoms with Crippen molar-refractivity contribution in [3.05, 3.63) is 32.9 Å². The van der Waals surface area contributed by atoms with Gasteiger partial charge in [-0.3, -0.25) is 4.79 Å². The molecule has 0 saturated heterocycles. The number of hydrogen-bond donors (Lipinski definition) is 1. The summed E-state index contributed by atoms with van der Waals surface area (Å²) in [4.78, 5) is 11.4. The predicted molar refractivity (Wildman–Crippen MR) is 65.3 cm³/mol. The summed E-state index contributed by atoms with van der Waals surface area (Å²) < 4.78 is 5.22. The summed E-state index contributed by atoms with van der Waals surface area (Å²) in [5.41, 5.74) is 1.08. The van der Waals surface area contributed by atoms with Crippen LogP contribution in [0.1, 0.15) is 22.6 Å². The molecule has 15 heavy (non-hydrogen) atoms. The molecule has 0 aliphatic heterocycles. The fraction of sp³-hybridized carbons (Fsp3) is 0.545. The Bertz CT molecular complexity index is 369. The molecule has 0 atom stereocenters. The molecule has 0 fully saturated rings. The minimum Gasteiger partial charge on any atom is -0.463 e. The highest BCUT2D eigenvalue weighted by Crippen LogP contribution is 2.09. The van der Waals surface area contributed by atoms with Crippen molar-refractivity contribution in [3.8, 4) is 0 Å². The molecule has 0 radical (unpaired) electrons. The number of aliphatic hydroxyl groups excluding tert-OH is 1. The largest absolute Gasteiger partial charge is 0.463 e. The lowest BCUT2D eigenvalue weighted by molar-refractivity contribution is 0.238. The van der Waals surface area contributed by atoms with Crippen molar-refractivity contribution in [2.75, 3.05) is 13.3 Å². The standard InChI is InChI=1S/C9H12O3.C2H7P/c1-5-7(3)12-8(4-10)6(2)9(5)11;1-3-2/h10H,4H2,1-3H3;3H,1-2H3. The Balaban J connectivity index is 0.000000583. The zero-order valence-corrected chi connectivity index (χ0v) is 11.0. The quantitative estimate of drug-likeness (QED) is 0.750. The summed E-state index contributed by atoms with van der Waals surface area (Å²) >= 11 is 0. The summed E-state index contributed by atoms with van der Waals surface area (Å²) in [6.07, 6.45) is 0. The van der Waals surface area contributed by atoms with Crippen LogP contribution < -0.4 is 5.43 Å². The molecule has 0 aromatic carbocycles. The van der Waals surface area contributed by atoms with E-state index in [1.807, 2.05) is 0 Å². The third-order valence-corrected chi connectivity index (χ3v) is 2.05. The maximum absolute atomic E-state index is 11.4. The van der Waals surface area contributed by atoms with E-state index in [2.05, 4.69) is 13.3 Å². The highest BCUT2D eigenvalue weighted by Gasteiger charge is 2.08. The predicted octanol–water partition coefficient (Wildman–Crippen LogP) is 1.98.